The maximum atomic E-state index is 13.6. The number of benzene rings is 1. The molecular weight excluding hydrogens is 474 g/mol. The van der Waals surface area contributed by atoms with Gasteiger partial charge in [0.25, 0.3) is 0 Å². The molecule has 5 rings (SSSR count). The van der Waals surface area contributed by atoms with Gasteiger partial charge in [-0.2, -0.15) is 0 Å². The zero-order valence-corrected chi connectivity index (χ0v) is 22.0. The second-order valence-corrected chi connectivity index (χ2v) is 11.8. The predicted molar refractivity (Wildman–Crippen MR) is 138 cm³/mol. The number of nitrogens with zero attached hydrogens (tertiary/aromatic N) is 2. The lowest BCUT2D eigenvalue weighted by atomic mass is 9.93. The van der Waals surface area contributed by atoms with Crippen molar-refractivity contribution in [2.75, 3.05) is 6.54 Å². The van der Waals surface area contributed by atoms with Crippen LogP contribution < -0.4 is 5.32 Å². The number of hydrogen-bond acceptors (Lipinski definition) is 6. The number of carbonyl (C=O) groups is 3. The minimum Gasteiger partial charge on any atom is -0.391 e. The molecule has 3 aliphatic rings. The highest BCUT2D eigenvalue weighted by molar-refractivity contribution is 7.13. The fraction of sp³-hybridized carbons (Fsp3) is 0.571. The molecule has 0 bridgehead atoms. The molecule has 1 aliphatic heterocycles. The lowest BCUT2D eigenvalue weighted by Crippen LogP contribution is -2.48. The highest BCUT2D eigenvalue weighted by Crippen LogP contribution is 2.53. The number of aryl methyl sites for hydroxylation is 1. The van der Waals surface area contributed by atoms with Gasteiger partial charge in [0, 0.05) is 31.3 Å². The number of β-amino-alcohol motifs (C(OH)–C–C–N with tert-alkyl or cyclic N) is 1. The molecule has 2 amide bonds. The summed E-state index contributed by atoms with van der Waals surface area (Å²) in [6.45, 7) is 6.27. The Morgan fingerprint density at radius 2 is 1.94 bits per heavy atom. The number of ketones is 1. The van der Waals surface area contributed by atoms with E-state index in [4.69, 9.17) is 0 Å². The van der Waals surface area contributed by atoms with Gasteiger partial charge in [-0.05, 0) is 62.0 Å². The van der Waals surface area contributed by atoms with Crippen molar-refractivity contribution in [1.29, 1.82) is 0 Å². The number of aromatic nitrogens is 1. The number of likely N-dealkylation sites (tertiary alicyclic amines) is 1. The summed E-state index contributed by atoms with van der Waals surface area (Å²) in [6, 6.07) is 7.39. The number of nitrogens with one attached hydrogen (secondary N) is 1. The van der Waals surface area contributed by atoms with Crippen LogP contribution in [-0.4, -0.2) is 51.3 Å². The summed E-state index contributed by atoms with van der Waals surface area (Å²) in [5, 5.41) is 13.3. The van der Waals surface area contributed by atoms with E-state index in [1.807, 2.05) is 36.7 Å². The molecule has 2 saturated carbocycles. The molecule has 0 spiro atoms. The Morgan fingerprint density at radius 1 is 1.22 bits per heavy atom. The third-order valence-electron chi connectivity index (χ3n) is 8.36. The van der Waals surface area contributed by atoms with Gasteiger partial charge in [-0.1, -0.05) is 31.2 Å². The van der Waals surface area contributed by atoms with E-state index in [-0.39, 0.29) is 48.3 Å². The lowest BCUT2D eigenvalue weighted by molar-refractivity contribution is -0.142. The van der Waals surface area contributed by atoms with Gasteiger partial charge in [-0.25, -0.2) is 4.98 Å². The molecule has 0 radical (unpaired) electrons. The van der Waals surface area contributed by atoms with Crippen molar-refractivity contribution in [1.82, 2.24) is 15.2 Å². The standard InChI is InChI=1S/C28H35N3O4S/c1-15-22(25(15)17(3)32)11-23(19-8-9-19)28(35)31-13-21(33)10-24(31)27(34)29-12-18-4-6-20(7-5-18)26-16(2)30-14-36-26/h4-7,14-15,19,21-25,33H,8-13H2,1-3H3,(H,29,34)/t15?,21-,22?,23+,24+,25?/m1/s1. The zero-order valence-electron chi connectivity index (χ0n) is 21.1. The average molecular weight is 510 g/mol. The molecule has 2 N–H and O–H groups in total. The Morgan fingerprint density at radius 3 is 2.53 bits per heavy atom. The van der Waals surface area contributed by atoms with E-state index in [0.717, 1.165) is 34.5 Å². The number of thiazole rings is 1. The fourth-order valence-corrected chi connectivity index (χ4v) is 6.86. The minimum absolute atomic E-state index is 0.0279. The molecule has 1 aromatic carbocycles. The predicted octanol–water partition coefficient (Wildman–Crippen LogP) is 3.58. The third kappa shape index (κ3) is 5.11. The quantitative estimate of drug-likeness (QED) is 0.538. The van der Waals surface area contributed by atoms with Crippen molar-refractivity contribution in [3.05, 3.63) is 41.0 Å². The molecule has 3 unspecified atom stereocenters. The number of carbonyl (C=O) groups excluding carboxylic acids is 3. The van der Waals surface area contributed by atoms with E-state index in [2.05, 4.69) is 17.2 Å². The summed E-state index contributed by atoms with van der Waals surface area (Å²) in [5.74, 6) is 0.773. The molecule has 192 valence electrons. The van der Waals surface area contributed by atoms with E-state index in [1.165, 1.54) is 0 Å². The van der Waals surface area contributed by atoms with Gasteiger partial charge >= 0.3 is 0 Å². The smallest absolute Gasteiger partial charge is 0.243 e. The molecular formula is C28H35N3O4S. The topological polar surface area (TPSA) is 99.6 Å². The van der Waals surface area contributed by atoms with Gasteiger partial charge in [0.05, 0.1) is 22.2 Å². The first-order valence-electron chi connectivity index (χ1n) is 13.0. The molecule has 2 heterocycles. The van der Waals surface area contributed by atoms with Crippen LogP contribution in [0.15, 0.2) is 29.8 Å². The maximum Gasteiger partial charge on any atom is 0.243 e. The number of aliphatic hydroxyl groups excluding tert-OH is 1. The van der Waals surface area contributed by atoms with Crippen LogP contribution in [0, 0.1) is 36.5 Å². The highest BCUT2D eigenvalue weighted by Gasteiger charge is 2.54. The van der Waals surface area contributed by atoms with Crippen molar-refractivity contribution in [3.8, 4) is 10.4 Å². The average Bonchev–Trinajstić information content (AvgIpc) is 3.71. The maximum absolute atomic E-state index is 13.6. The molecule has 2 aliphatic carbocycles. The van der Waals surface area contributed by atoms with Gasteiger partial charge < -0.3 is 15.3 Å². The SMILES string of the molecule is CC(=O)C1C(C)C1C[C@H](C(=O)N1C[C@H](O)C[C@H]1C(=O)NCc1ccc(-c2scnc2C)cc1)C1CC1. The molecule has 3 fully saturated rings. The van der Waals surface area contributed by atoms with Crippen molar-refractivity contribution in [2.45, 2.75) is 65.1 Å². The number of hydrogen-bond donors (Lipinski definition) is 2. The Kier molecular flexibility index (Phi) is 7.01. The van der Waals surface area contributed by atoms with Crippen LogP contribution in [-0.2, 0) is 20.9 Å². The van der Waals surface area contributed by atoms with Gasteiger partial charge in [0.2, 0.25) is 11.8 Å². The Labute approximate surface area is 216 Å². The molecule has 8 heteroatoms. The van der Waals surface area contributed by atoms with Crippen LogP contribution >= 0.6 is 11.3 Å². The monoisotopic (exact) mass is 509 g/mol. The van der Waals surface area contributed by atoms with Crippen molar-refractivity contribution < 1.29 is 19.5 Å². The highest BCUT2D eigenvalue weighted by atomic mass is 32.1. The largest absolute Gasteiger partial charge is 0.391 e. The van der Waals surface area contributed by atoms with Crippen molar-refractivity contribution >= 4 is 28.9 Å². The second-order valence-electron chi connectivity index (χ2n) is 10.9. The first-order chi connectivity index (χ1) is 17.2. The van der Waals surface area contributed by atoms with E-state index in [0.29, 0.717) is 24.8 Å². The minimum atomic E-state index is -0.698. The first kappa shape index (κ1) is 25.1. The summed E-state index contributed by atoms with van der Waals surface area (Å²) >= 11 is 1.61. The van der Waals surface area contributed by atoms with Crippen LogP contribution in [0.3, 0.4) is 0 Å². The summed E-state index contributed by atoms with van der Waals surface area (Å²) < 4.78 is 0. The van der Waals surface area contributed by atoms with Crippen LogP contribution in [0.25, 0.3) is 10.4 Å². The molecule has 1 aromatic heterocycles. The summed E-state index contributed by atoms with van der Waals surface area (Å²) in [5.41, 5.74) is 4.91. The van der Waals surface area contributed by atoms with E-state index >= 15 is 0 Å². The normalized spacial score (nSPS) is 28.1. The van der Waals surface area contributed by atoms with E-state index < -0.39 is 12.1 Å². The first-order valence-corrected chi connectivity index (χ1v) is 13.9. The van der Waals surface area contributed by atoms with Crippen LogP contribution in [0.5, 0.6) is 0 Å². The van der Waals surface area contributed by atoms with E-state index in [1.54, 1.807) is 23.2 Å². The second kappa shape index (κ2) is 10.1. The molecule has 1 saturated heterocycles. The molecule has 2 aromatic rings. The van der Waals surface area contributed by atoms with Crippen LogP contribution in [0.1, 0.15) is 50.8 Å². The van der Waals surface area contributed by atoms with Gasteiger partial charge in [-0.15, -0.1) is 11.3 Å². The lowest BCUT2D eigenvalue weighted by Gasteiger charge is -2.28. The van der Waals surface area contributed by atoms with Gasteiger partial charge in [-0.3, -0.25) is 14.4 Å². The van der Waals surface area contributed by atoms with Crippen LogP contribution in [0.2, 0.25) is 0 Å². The van der Waals surface area contributed by atoms with Crippen molar-refractivity contribution in [2.24, 2.45) is 29.6 Å². The Balaban J connectivity index is 1.21. The van der Waals surface area contributed by atoms with Crippen molar-refractivity contribution in [3.63, 3.8) is 0 Å². The number of aliphatic hydroxyl groups is 1. The molecule has 6 atom stereocenters. The van der Waals surface area contributed by atoms with Gasteiger partial charge in [0.15, 0.2) is 0 Å². The Hall–Kier alpha value is -2.58. The molecule has 7 nitrogen and oxygen atoms in total. The number of amides is 2. The fourth-order valence-electron chi connectivity index (χ4n) is 6.04. The molecule has 36 heavy (non-hydrogen) atoms. The third-order valence-corrected chi connectivity index (χ3v) is 9.34. The number of rotatable bonds is 9. The summed E-state index contributed by atoms with van der Waals surface area (Å²) in [7, 11) is 0. The summed E-state index contributed by atoms with van der Waals surface area (Å²) in [6.07, 6.45) is 2.31. The van der Waals surface area contributed by atoms with E-state index in [9.17, 15) is 19.5 Å². The van der Waals surface area contributed by atoms with Crippen LogP contribution in [0.4, 0.5) is 0 Å². The Bertz CT molecular complexity index is 1140. The summed E-state index contributed by atoms with van der Waals surface area (Å²) in [4.78, 5) is 45.7. The zero-order chi connectivity index (χ0) is 25.6. The van der Waals surface area contributed by atoms with Gasteiger partial charge in [0.1, 0.15) is 11.8 Å². The number of Topliss-reactive ketones (excluding diaryl/α,β-unsaturated/α-hetero) is 1.